The third kappa shape index (κ3) is 4.40. The molecule has 0 spiro atoms. The summed E-state index contributed by atoms with van der Waals surface area (Å²) in [4.78, 5) is 13.9. The maximum Gasteiger partial charge on any atom is 0.243 e. The quantitative estimate of drug-likeness (QED) is 0.838. The summed E-state index contributed by atoms with van der Waals surface area (Å²) < 4.78 is 51.1. The fourth-order valence-electron chi connectivity index (χ4n) is 2.52. The van der Waals surface area contributed by atoms with Crippen LogP contribution in [0.1, 0.15) is 19.8 Å². The Bertz CT molecular complexity index is 686. The van der Waals surface area contributed by atoms with E-state index in [9.17, 15) is 22.0 Å². The third-order valence-corrected chi connectivity index (χ3v) is 5.15. The van der Waals surface area contributed by atoms with Crippen LogP contribution < -0.4 is 4.31 Å². The largest absolute Gasteiger partial charge is 0.341 e. The van der Waals surface area contributed by atoms with Crippen molar-refractivity contribution in [1.29, 1.82) is 0 Å². The molecule has 2 rings (SSSR count). The first kappa shape index (κ1) is 17.7. The number of anilines is 1. The number of benzene rings is 1. The highest BCUT2D eigenvalue weighted by Crippen LogP contribution is 2.22. The molecule has 0 bridgehead atoms. The van der Waals surface area contributed by atoms with Crippen LogP contribution in [0.4, 0.5) is 14.5 Å². The maximum absolute atomic E-state index is 13.4. The summed E-state index contributed by atoms with van der Waals surface area (Å²) >= 11 is 0. The van der Waals surface area contributed by atoms with Crippen molar-refractivity contribution in [3.8, 4) is 0 Å². The van der Waals surface area contributed by atoms with Crippen LogP contribution in [0.25, 0.3) is 0 Å². The lowest BCUT2D eigenvalue weighted by molar-refractivity contribution is -0.130. The van der Waals surface area contributed by atoms with E-state index in [-0.39, 0.29) is 11.6 Å². The topological polar surface area (TPSA) is 57.7 Å². The molecule has 1 aliphatic heterocycles. The fourth-order valence-corrected chi connectivity index (χ4v) is 3.36. The molecule has 0 unspecified atom stereocenters. The van der Waals surface area contributed by atoms with E-state index in [2.05, 4.69) is 6.92 Å². The van der Waals surface area contributed by atoms with E-state index in [1.165, 1.54) is 0 Å². The van der Waals surface area contributed by atoms with Crippen LogP contribution in [-0.4, -0.2) is 45.1 Å². The van der Waals surface area contributed by atoms with E-state index in [1.807, 2.05) is 0 Å². The van der Waals surface area contributed by atoms with Gasteiger partial charge in [0.1, 0.15) is 6.54 Å². The smallest absolute Gasteiger partial charge is 0.243 e. The number of likely N-dealkylation sites (tertiary alicyclic amines) is 1. The minimum atomic E-state index is -3.80. The lowest BCUT2D eigenvalue weighted by Crippen LogP contribution is -2.45. The highest BCUT2D eigenvalue weighted by atomic mass is 32.2. The molecule has 0 atom stereocenters. The molecule has 128 valence electrons. The molecule has 1 aliphatic rings. The Hall–Kier alpha value is -1.70. The van der Waals surface area contributed by atoms with Gasteiger partial charge in [-0.3, -0.25) is 9.10 Å². The summed E-state index contributed by atoms with van der Waals surface area (Å²) in [6.45, 7) is 2.84. The molecule has 23 heavy (non-hydrogen) atoms. The molecule has 1 fully saturated rings. The number of halogens is 2. The monoisotopic (exact) mass is 346 g/mol. The minimum Gasteiger partial charge on any atom is -0.341 e. The molecule has 0 aliphatic carbocycles. The third-order valence-electron chi connectivity index (χ3n) is 4.01. The van der Waals surface area contributed by atoms with E-state index in [1.54, 1.807) is 4.90 Å². The molecule has 1 heterocycles. The number of hydrogen-bond donors (Lipinski definition) is 0. The van der Waals surface area contributed by atoms with Gasteiger partial charge in [-0.05, 0) is 30.9 Å². The Balaban J connectivity index is 2.19. The van der Waals surface area contributed by atoms with E-state index in [0.717, 1.165) is 41.6 Å². The first-order valence-electron chi connectivity index (χ1n) is 7.39. The van der Waals surface area contributed by atoms with Gasteiger partial charge < -0.3 is 4.90 Å². The lowest BCUT2D eigenvalue weighted by Gasteiger charge is -2.32. The zero-order valence-corrected chi connectivity index (χ0v) is 13.9. The molecule has 0 saturated carbocycles. The Morgan fingerprint density at radius 1 is 1.26 bits per heavy atom. The van der Waals surface area contributed by atoms with E-state index in [0.29, 0.717) is 19.0 Å². The van der Waals surface area contributed by atoms with Crippen LogP contribution in [0.2, 0.25) is 0 Å². The Morgan fingerprint density at radius 2 is 1.87 bits per heavy atom. The van der Waals surface area contributed by atoms with Crippen LogP contribution in [0.3, 0.4) is 0 Å². The molecule has 1 amide bonds. The second-order valence-corrected chi connectivity index (χ2v) is 7.84. The van der Waals surface area contributed by atoms with Crippen LogP contribution in [0.5, 0.6) is 0 Å². The van der Waals surface area contributed by atoms with Crippen molar-refractivity contribution in [3.63, 3.8) is 0 Å². The van der Waals surface area contributed by atoms with Crippen LogP contribution >= 0.6 is 0 Å². The van der Waals surface area contributed by atoms with Gasteiger partial charge in [-0.25, -0.2) is 17.2 Å². The Morgan fingerprint density at radius 3 is 2.39 bits per heavy atom. The number of rotatable bonds is 4. The number of amides is 1. The number of sulfonamides is 1. The number of nitrogens with zero attached hydrogens (tertiary/aromatic N) is 2. The predicted molar refractivity (Wildman–Crippen MR) is 83.5 cm³/mol. The standard InChI is InChI=1S/C15H20F2N2O3S/c1-11-5-7-18(8-6-11)15(20)10-19(23(2,21)22)12-3-4-13(16)14(17)9-12/h3-4,9,11H,5-8,10H2,1-2H3. The van der Waals surface area contributed by atoms with E-state index < -0.39 is 28.2 Å². The molecule has 1 aromatic carbocycles. The van der Waals surface area contributed by atoms with Crippen molar-refractivity contribution in [3.05, 3.63) is 29.8 Å². The van der Waals surface area contributed by atoms with Gasteiger partial charge in [-0.2, -0.15) is 0 Å². The van der Waals surface area contributed by atoms with Crippen molar-refractivity contribution >= 4 is 21.6 Å². The number of piperidine rings is 1. The number of carbonyl (C=O) groups excluding carboxylic acids is 1. The second-order valence-electron chi connectivity index (χ2n) is 5.93. The zero-order chi connectivity index (χ0) is 17.2. The first-order chi connectivity index (χ1) is 10.7. The average Bonchev–Trinajstić information content (AvgIpc) is 2.47. The summed E-state index contributed by atoms with van der Waals surface area (Å²) in [6, 6.07) is 2.77. The van der Waals surface area contributed by atoms with E-state index in [4.69, 9.17) is 0 Å². The van der Waals surface area contributed by atoms with Gasteiger partial charge in [0, 0.05) is 19.2 Å². The molecule has 1 saturated heterocycles. The van der Waals surface area contributed by atoms with Gasteiger partial charge in [-0.15, -0.1) is 0 Å². The SMILES string of the molecule is CC1CCN(C(=O)CN(c2ccc(F)c(F)c2)S(C)(=O)=O)CC1. The number of carbonyl (C=O) groups is 1. The zero-order valence-electron chi connectivity index (χ0n) is 13.1. The van der Waals surface area contributed by atoms with Crippen LogP contribution in [0.15, 0.2) is 18.2 Å². The Kier molecular flexibility index (Phi) is 5.23. The predicted octanol–water partition coefficient (Wildman–Crippen LogP) is 1.99. The Labute approximate surface area is 134 Å². The van der Waals surface area contributed by atoms with Gasteiger partial charge >= 0.3 is 0 Å². The molecule has 8 heteroatoms. The fraction of sp³-hybridized carbons (Fsp3) is 0.533. The average molecular weight is 346 g/mol. The molecule has 0 radical (unpaired) electrons. The molecular weight excluding hydrogens is 326 g/mol. The van der Waals surface area contributed by atoms with Crippen LogP contribution in [0, 0.1) is 17.6 Å². The summed E-state index contributed by atoms with van der Waals surface area (Å²) in [5.74, 6) is -2.03. The van der Waals surface area contributed by atoms with Gasteiger partial charge in [0.2, 0.25) is 15.9 Å². The van der Waals surface area contributed by atoms with Gasteiger partial charge in [0.15, 0.2) is 11.6 Å². The molecular formula is C15H20F2N2O3S. The highest BCUT2D eigenvalue weighted by Gasteiger charge is 2.26. The van der Waals surface area contributed by atoms with Crippen molar-refractivity contribution < 1.29 is 22.0 Å². The summed E-state index contributed by atoms with van der Waals surface area (Å²) in [5.41, 5.74) is -0.0647. The summed E-state index contributed by atoms with van der Waals surface area (Å²) in [5, 5.41) is 0. The van der Waals surface area contributed by atoms with Crippen molar-refractivity contribution in [2.75, 3.05) is 30.2 Å². The molecule has 0 aromatic heterocycles. The summed E-state index contributed by atoms with van der Waals surface area (Å²) in [7, 11) is -3.80. The van der Waals surface area contributed by atoms with Crippen molar-refractivity contribution in [2.45, 2.75) is 19.8 Å². The normalized spacial score (nSPS) is 16.4. The van der Waals surface area contributed by atoms with Gasteiger partial charge in [0.25, 0.3) is 0 Å². The van der Waals surface area contributed by atoms with Gasteiger partial charge in [-0.1, -0.05) is 6.92 Å². The summed E-state index contributed by atoms with van der Waals surface area (Å²) in [6.07, 6.45) is 2.67. The maximum atomic E-state index is 13.4. The highest BCUT2D eigenvalue weighted by molar-refractivity contribution is 7.92. The van der Waals surface area contributed by atoms with Crippen molar-refractivity contribution in [2.24, 2.45) is 5.92 Å². The second kappa shape index (κ2) is 6.82. The van der Waals surface area contributed by atoms with Crippen LogP contribution in [-0.2, 0) is 14.8 Å². The number of hydrogen-bond acceptors (Lipinski definition) is 3. The first-order valence-corrected chi connectivity index (χ1v) is 9.24. The minimum absolute atomic E-state index is 0.0647. The van der Waals surface area contributed by atoms with Crippen molar-refractivity contribution in [1.82, 2.24) is 4.90 Å². The molecule has 5 nitrogen and oxygen atoms in total. The van der Waals surface area contributed by atoms with E-state index >= 15 is 0 Å². The molecule has 1 aromatic rings. The lowest BCUT2D eigenvalue weighted by atomic mass is 9.99. The molecule has 0 N–H and O–H groups in total. The van der Waals surface area contributed by atoms with Gasteiger partial charge in [0.05, 0.1) is 11.9 Å².